The van der Waals surface area contributed by atoms with Crippen molar-refractivity contribution in [2.45, 2.75) is 52.0 Å². The normalized spacial score (nSPS) is 11.7. The molecule has 0 saturated carbocycles. The first-order valence-electron chi connectivity index (χ1n) is 8.06. The summed E-state index contributed by atoms with van der Waals surface area (Å²) >= 11 is 0. The van der Waals surface area contributed by atoms with Crippen molar-refractivity contribution in [3.63, 3.8) is 0 Å². The molecule has 0 amide bonds. The molecule has 0 atom stereocenters. The zero-order valence-corrected chi connectivity index (χ0v) is 15.5. The Bertz CT molecular complexity index is 255. The van der Waals surface area contributed by atoms with Gasteiger partial charge in [-0.2, -0.15) is 0 Å². The van der Waals surface area contributed by atoms with Crippen LogP contribution in [0.15, 0.2) is 4.99 Å². The molecule has 0 bridgehead atoms. The van der Waals surface area contributed by atoms with E-state index in [0.717, 1.165) is 44.9 Å². The Labute approximate surface area is 131 Å². The molecule has 126 valence electrons. The molecule has 0 aliphatic rings. The summed E-state index contributed by atoms with van der Waals surface area (Å²) in [4.78, 5) is 4.69. The molecule has 5 nitrogen and oxygen atoms in total. The summed E-state index contributed by atoms with van der Waals surface area (Å²) < 4.78 is 16.2. The predicted molar refractivity (Wildman–Crippen MR) is 91.2 cm³/mol. The topological polar surface area (TPSA) is 52.1 Å². The second kappa shape index (κ2) is 13.4. The smallest absolute Gasteiger partial charge is 0.377 e. The van der Waals surface area contributed by atoms with E-state index < -0.39 is 8.80 Å². The summed E-state index contributed by atoms with van der Waals surface area (Å²) in [6, 6.07) is 0.837. The number of rotatable bonds is 14. The second-order valence-corrected chi connectivity index (χ2v) is 8.19. The van der Waals surface area contributed by atoms with Crippen molar-refractivity contribution in [3.8, 4) is 0 Å². The van der Waals surface area contributed by atoms with E-state index in [1.807, 2.05) is 0 Å². The van der Waals surface area contributed by atoms with E-state index in [9.17, 15) is 0 Å². The van der Waals surface area contributed by atoms with Gasteiger partial charge in [-0.15, -0.1) is 0 Å². The minimum Gasteiger partial charge on any atom is -0.377 e. The summed E-state index contributed by atoms with van der Waals surface area (Å²) in [6.07, 6.45) is 5.63. The fourth-order valence-electron chi connectivity index (χ4n) is 2.26. The van der Waals surface area contributed by atoms with Gasteiger partial charge in [0.25, 0.3) is 0 Å². The van der Waals surface area contributed by atoms with Crippen molar-refractivity contribution in [2.24, 2.45) is 4.99 Å². The van der Waals surface area contributed by atoms with Crippen LogP contribution < -0.4 is 5.32 Å². The monoisotopic (exact) mass is 318 g/mol. The summed E-state index contributed by atoms with van der Waals surface area (Å²) in [5, 5.41) is 3.42. The van der Waals surface area contributed by atoms with Gasteiger partial charge in [-0.1, -0.05) is 26.7 Å². The van der Waals surface area contributed by atoms with Gasteiger partial charge in [0.2, 0.25) is 0 Å². The van der Waals surface area contributed by atoms with Crippen LogP contribution in [-0.4, -0.2) is 55.5 Å². The van der Waals surface area contributed by atoms with Crippen LogP contribution in [0.4, 0.5) is 0 Å². The molecule has 0 aromatic heterocycles. The Balaban J connectivity index is 3.78. The lowest BCUT2D eigenvalue weighted by Gasteiger charge is -2.24. The zero-order chi connectivity index (χ0) is 16.0. The van der Waals surface area contributed by atoms with E-state index in [2.05, 4.69) is 24.2 Å². The lowest BCUT2D eigenvalue weighted by atomic mass is 10.1. The van der Waals surface area contributed by atoms with E-state index in [0.29, 0.717) is 0 Å². The average molecular weight is 319 g/mol. The molecular formula is C15H34N2O3Si. The first-order chi connectivity index (χ1) is 10.2. The van der Waals surface area contributed by atoms with Crippen LogP contribution in [0.25, 0.3) is 0 Å². The summed E-state index contributed by atoms with van der Waals surface area (Å²) in [6.45, 7) is 7.16. The van der Waals surface area contributed by atoms with Gasteiger partial charge in [0.05, 0.1) is 6.54 Å². The lowest BCUT2D eigenvalue weighted by molar-refractivity contribution is 0.123. The standard InChI is InChI=1S/C15H34N2O3Si/c1-6-9-15(10-7-2)17-13-12-16-11-8-14-21(18-3,19-4)20-5/h16H,6-14H2,1-5H3. The van der Waals surface area contributed by atoms with E-state index >= 15 is 0 Å². The molecule has 0 fully saturated rings. The summed E-state index contributed by atoms with van der Waals surface area (Å²) in [5.41, 5.74) is 1.37. The van der Waals surface area contributed by atoms with Crippen molar-refractivity contribution in [3.05, 3.63) is 0 Å². The highest BCUT2D eigenvalue weighted by Gasteiger charge is 2.36. The number of hydrogen-bond acceptors (Lipinski definition) is 5. The van der Waals surface area contributed by atoms with E-state index in [1.54, 1.807) is 21.3 Å². The molecule has 0 unspecified atom stereocenters. The lowest BCUT2D eigenvalue weighted by Crippen LogP contribution is -2.43. The van der Waals surface area contributed by atoms with Gasteiger partial charge in [-0.25, -0.2) is 0 Å². The Kier molecular flexibility index (Phi) is 13.2. The quantitative estimate of drug-likeness (QED) is 0.304. The van der Waals surface area contributed by atoms with Crippen LogP contribution in [0.2, 0.25) is 6.04 Å². The van der Waals surface area contributed by atoms with Gasteiger partial charge in [-0.05, 0) is 25.8 Å². The zero-order valence-electron chi connectivity index (χ0n) is 14.5. The van der Waals surface area contributed by atoms with Crippen LogP contribution in [0, 0.1) is 0 Å². The van der Waals surface area contributed by atoms with Crippen molar-refractivity contribution in [1.82, 2.24) is 5.32 Å². The third-order valence-electron chi connectivity index (χ3n) is 3.47. The van der Waals surface area contributed by atoms with Crippen LogP contribution in [0.1, 0.15) is 46.0 Å². The maximum absolute atomic E-state index is 5.39. The predicted octanol–water partition coefficient (Wildman–Crippen LogP) is 2.89. The van der Waals surface area contributed by atoms with Crippen molar-refractivity contribution < 1.29 is 13.3 Å². The number of aliphatic imine (C=N–C) groups is 1. The van der Waals surface area contributed by atoms with Gasteiger partial charge in [0, 0.05) is 39.6 Å². The molecule has 0 heterocycles. The van der Waals surface area contributed by atoms with Gasteiger partial charge in [0.15, 0.2) is 0 Å². The Morgan fingerprint density at radius 1 is 0.952 bits per heavy atom. The maximum Gasteiger partial charge on any atom is 0.500 e. The van der Waals surface area contributed by atoms with Gasteiger partial charge in [0.1, 0.15) is 0 Å². The molecule has 6 heteroatoms. The highest BCUT2D eigenvalue weighted by molar-refractivity contribution is 6.60. The van der Waals surface area contributed by atoms with Crippen molar-refractivity contribution in [1.29, 1.82) is 0 Å². The molecular weight excluding hydrogens is 284 g/mol. The van der Waals surface area contributed by atoms with Gasteiger partial charge in [-0.3, -0.25) is 4.99 Å². The van der Waals surface area contributed by atoms with E-state index in [4.69, 9.17) is 13.3 Å². The first kappa shape index (κ1) is 20.7. The number of nitrogens with one attached hydrogen (secondary N) is 1. The van der Waals surface area contributed by atoms with Crippen LogP contribution in [0.3, 0.4) is 0 Å². The van der Waals surface area contributed by atoms with Gasteiger partial charge < -0.3 is 18.6 Å². The number of hydrogen-bond donors (Lipinski definition) is 1. The number of nitrogens with zero attached hydrogens (tertiary/aromatic N) is 1. The largest absolute Gasteiger partial charge is 0.500 e. The fraction of sp³-hybridized carbons (Fsp3) is 0.933. The molecule has 0 aromatic carbocycles. The Hall–Kier alpha value is -0.273. The minimum atomic E-state index is -2.39. The van der Waals surface area contributed by atoms with Crippen LogP contribution in [0.5, 0.6) is 0 Å². The average Bonchev–Trinajstić information content (AvgIpc) is 2.51. The third-order valence-corrected chi connectivity index (χ3v) is 6.30. The van der Waals surface area contributed by atoms with Crippen molar-refractivity contribution in [2.75, 3.05) is 41.0 Å². The maximum atomic E-state index is 5.39. The summed E-state index contributed by atoms with van der Waals surface area (Å²) in [7, 11) is 2.58. The fourth-order valence-corrected chi connectivity index (χ4v) is 3.99. The van der Waals surface area contributed by atoms with Gasteiger partial charge >= 0.3 is 8.80 Å². The summed E-state index contributed by atoms with van der Waals surface area (Å²) in [5.74, 6) is 0. The minimum absolute atomic E-state index is 0.837. The van der Waals surface area contributed by atoms with E-state index in [-0.39, 0.29) is 0 Å². The molecule has 0 spiro atoms. The Morgan fingerprint density at radius 2 is 1.52 bits per heavy atom. The van der Waals surface area contributed by atoms with E-state index in [1.165, 1.54) is 18.6 Å². The van der Waals surface area contributed by atoms with Crippen molar-refractivity contribution >= 4 is 14.5 Å². The molecule has 0 rings (SSSR count). The third kappa shape index (κ3) is 9.37. The molecule has 0 aliphatic heterocycles. The Morgan fingerprint density at radius 3 is 2.00 bits per heavy atom. The molecule has 0 aromatic rings. The highest BCUT2D eigenvalue weighted by atomic mass is 28.4. The molecule has 21 heavy (non-hydrogen) atoms. The first-order valence-corrected chi connectivity index (χ1v) is 9.99. The molecule has 0 radical (unpaired) electrons. The SMILES string of the molecule is CCCC(CCC)=NCCNCCC[Si](OC)(OC)OC. The molecule has 0 aliphatic carbocycles. The molecule has 0 saturated heterocycles. The van der Waals surface area contributed by atoms with Crippen LogP contribution >= 0.6 is 0 Å². The second-order valence-electron chi connectivity index (χ2n) is 5.10. The van der Waals surface area contributed by atoms with Crippen LogP contribution in [-0.2, 0) is 13.3 Å². The molecule has 1 N–H and O–H groups in total. The highest BCUT2D eigenvalue weighted by Crippen LogP contribution is 2.14.